The van der Waals surface area contributed by atoms with Gasteiger partial charge in [0.15, 0.2) is 11.5 Å². The summed E-state index contributed by atoms with van der Waals surface area (Å²) >= 11 is 0. The molecule has 0 saturated heterocycles. The monoisotopic (exact) mass is 268 g/mol. The molecule has 7 heteroatoms. The van der Waals surface area contributed by atoms with Crippen LogP contribution in [0.2, 0.25) is 0 Å². The van der Waals surface area contributed by atoms with Crippen LogP contribution in [0.25, 0.3) is 11.2 Å². The van der Waals surface area contributed by atoms with Crippen molar-refractivity contribution in [3.63, 3.8) is 0 Å². The molecule has 2 heterocycles. The first-order valence-corrected chi connectivity index (χ1v) is 5.98. The van der Waals surface area contributed by atoms with Gasteiger partial charge in [-0.3, -0.25) is 4.79 Å². The van der Waals surface area contributed by atoms with Crippen LogP contribution in [-0.4, -0.2) is 25.9 Å². The van der Waals surface area contributed by atoms with E-state index in [4.69, 9.17) is 5.73 Å². The van der Waals surface area contributed by atoms with Crippen LogP contribution in [0, 0.1) is 0 Å². The second-order valence-electron chi connectivity index (χ2n) is 4.27. The van der Waals surface area contributed by atoms with Gasteiger partial charge in [0.05, 0.1) is 12.9 Å². The topological polar surface area (TPSA) is 98.7 Å². The third-order valence-electron chi connectivity index (χ3n) is 2.94. The molecule has 0 fully saturated rings. The summed E-state index contributed by atoms with van der Waals surface area (Å²) in [6.45, 7) is 0.585. The van der Waals surface area contributed by atoms with E-state index in [1.807, 2.05) is 28.8 Å². The van der Waals surface area contributed by atoms with E-state index in [1.54, 1.807) is 6.33 Å². The van der Waals surface area contributed by atoms with Crippen molar-refractivity contribution in [2.45, 2.75) is 6.54 Å². The first kappa shape index (κ1) is 12.1. The maximum atomic E-state index is 10.5. The summed E-state index contributed by atoms with van der Waals surface area (Å²) in [6.07, 6.45) is 3.75. The highest BCUT2D eigenvalue weighted by Gasteiger charge is 2.08. The number of hydrogen-bond acceptors (Lipinski definition) is 5. The van der Waals surface area contributed by atoms with Crippen molar-refractivity contribution in [1.82, 2.24) is 19.5 Å². The highest BCUT2D eigenvalue weighted by molar-refractivity contribution is 5.81. The molecule has 0 radical (unpaired) electrons. The molecule has 3 N–H and O–H groups in total. The van der Waals surface area contributed by atoms with E-state index < -0.39 is 0 Å². The van der Waals surface area contributed by atoms with Crippen LogP contribution in [0.15, 0.2) is 36.9 Å². The first-order valence-electron chi connectivity index (χ1n) is 5.98. The normalized spacial score (nSPS) is 10.6. The molecular weight excluding hydrogens is 256 g/mol. The van der Waals surface area contributed by atoms with Gasteiger partial charge in [0.25, 0.3) is 0 Å². The van der Waals surface area contributed by atoms with Gasteiger partial charge < -0.3 is 15.6 Å². The zero-order chi connectivity index (χ0) is 13.9. The van der Waals surface area contributed by atoms with Crippen LogP contribution in [-0.2, 0) is 11.3 Å². The SMILES string of the molecule is Nc1ncnc2c1ncn2Cc1cccc(NC=O)c1. The standard InChI is InChI=1S/C13H12N6O/c14-12-11-13(16-6-15-12)19(7-17-11)5-9-2-1-3-10(4-9)18-8-20/h1-4,6-8H,5H2,(H,18,20)(H2,14,15,16). The van der Waals surface area contributed by atoms with Crippen molar-refractivity contribution in [3.05, 3.63) is 42.5 Å². The van der Waals surface area contributed by atoms with Gasteiger partial charge in [-0.2, -0.15) is 0 Å². The molecule has 2 aromatic heterocycles. The second-order valence-corrected chi connectivity index (χ2v) is 4.27. The molecule has 1 aromatic carbocycles. The fraction of sp³-hybridized carbons (Fsp3) is 0.0769. The Balaban J connectivity index is 1.95. The van der Waals surface area contributed by atoms with Crippen molar-refractivity contribution in [3.8, 4) is 0 Å². The zero-order valence-electron chi connectivity index (χ0n) is 10.5. The van der Waals surface area contributed by atoms with Gasteiger partial charge in [-0.25, -0.2) is 15.0 Å². The number of nitrogens with zero attached hydrogens (tertiary/aromatic N) is 4. The van der Waals surface area contributed by atoms with Crippen LogP contribution in [0.1, 0.15) is 5.56 Å². The number of rotatable bonds is 4. The number of amides is 1. The summed E-state index contributed by atoms with van der Waals surface area (Å²) in [6, 6.07) is 7.56. The van der Waals surface area contributed by atoms with Crippen LogP contribution in [0.3, 0.4) is 0 Å². The number of imidazole rings is 1. The molecule has 0 unspecified atom stereocenters. The van der Waals surface area contributed by atoms with Gasteiger partial charge >= 0.3 is 0 Å². The molecule has 0 bridgehead atoms. The third kappa shape index (κ3) is 2.16. The van der Waals surface area contributed by atoms with Gasteiger partial charge in [0.1, 0.15) is 11.8 Å². The molecule has 0 spiro atoms. The summed E-state index contributed by atoms with van der Waals surface area (Å²) in [4.78, 5) is 22.8. The number of anilines is 2. The molecule has 3 aromatic rings. The Hall–Kier alpha value is -2.96. The minimum atomic E-state index is 0.366. The Kier molecular flexibility index (Phi) is 3.00. The van der Waals surface area contributed by atoms with E-state index in [1.165, 1.54) is 6.33 Å². The van der Waals surface area contributed by atoms with E-state index in [0.29, 0.717) is 29.9 Å². The first-order chi connectivity index (χ1) is 9.78. The van der Waals surface area contributed by atoms with E-state index in [0.717, 1.165) is 11.3 Å². The third-order valence-corrected chi connectivity index (χ3v) is 2.94. The van der Waals surface area contributed by atoms with Crippen molar-refractivity contribution >= 4 is 29.1 Å². The van der Waals surface area contributed by atoms with E-state index in [-0.39, 0.29) is 0 Å². The number of hydrogen-bond donors (Lipinski definition) is 2. The summed E-state index contributed by atoms with van der Waals surface area (Å²) in [5.41, 5.74) is 8.80. The number of carbonyl (C=O) groups excluding carboxylic acids is 1. The smallest absolute Gasteiger partial charge is 0.211 e. The molecule has 1 amide bonds. The Labute approximate surface area is 114 Å². The number of fused-ring (bicyclic) bond motifs is 1. The lowest BCUT2D eigenvalue weighted by Crippen LogP contribution is -2.01. The molecule has 100 valence electrons. The molecule has 0 aliphatic rings. The van der Waals surface area contributed by atoms with Gasteiger partial charge in [-0.15, -0.1) is 0 Å². The largest absolute Gasteiger partial charge is 0.382 e. The number of carbonyl (C=O) groups is 1. The summed E-state index contributed by atoms with van der Waals surface area (Å²) < 4.78 is 1.88. The van der Waals surface area contributed by atoms with Crippen LogP contribution in [0.5, 0.6) is 0 Å². The molecule has 3 rings (SSSR count). The summed E-state index contributed by atoms with van der Waals surface area (Å²) in [7, 11) is 0. The predicted octanol–water partition coefficient (Wildman–Crippen LogP) is 1.03. The highest BCUT2D eigenvalue weighted by Crippen LogP contribution is 2.17. The molecule has 0 aliphatic heterocycles. The number of nitrogens with one attached hydrogen (secondary N) is 1. The van der Waals surface area contributed by atoms with Gasteiger partial charge in [-0.1, -0.05) is 12.1 Å². The average molecular weight is 268 g/mol. The minimum Gasteiger partial charge on any atom is -0.382 e. The van der Waals surface area contributed by atoms with Gasteiger partial charge in [-0.05, 0) is 17.7 Å². The van der Waals surface area contributed by atoms with Crippen LogP contribution < -0.4 is 11.1 Å². The highest BCUT2D eigenvalue weighted by atomic mass is 16.1. The lowest BCUT2D eigenvalue weighted by molar-refractivity contribution is -0.105. The maximum Gasteiger partial charge on any atom is 0.211 e. The zero-order valence-corrected chi connectivity index (χ0v) is 10.5. The second kappa shape index (κ2) is 4.96. The lowest BCUT2D eigenvalue weighted by Gasteiger charge is -2.06. The Morgan fingerprint density at radius 2 is 2.20 bits per heavy atom. The van der Waals surface area contributed by atoms with Crippen molar-refractivity contribution in [2.75, 3.05) is 11.1 Å². The fourth-order valence-electron chi connectivity index (χ4n) is 2.04. The lowest BCUT2D eigenvalue weighted by atomic mass is 10.2. The quantitative estimate of drug-likeness (QED) is 0.688. The number of nitrogens with two attached hydrogens (primary N) is 1. The Morgan fingerprint density at radius 1 is 1.30 bits per heavy atom. The Bertz CT molecular complexity index is 766. The summed E-state index contributed by atoms with van der Waals surface area (Å²) in [5.74, 6) is 0.366. The van der Waals surface area contributed by atoms with Crippen LogP contribution in [0.4, 0.5) is 11.5 Å². The molecule has 7 nitrogen and oxygen atoms in total. The average Bonchev–Trinajstić information content (AvgIpc) is 2.84. The van der Waals surface area contributed by atoms with Crippen molar-refractivity contribution < 1.29 is 4.79 Å². The molecular formula is C13H12N6O. The molecule has 0 saturated carbocycles. The number of aromatic nitrogens is 4. The van der Waals surface area contributed by atoms with Crippen molar-refractivity contribution in [1.29, 1.82) is 0 Å². The Morgan fingerprint density at radius 3 is 3.05 bits per heavy atom. The van der Waals surface area contributed by atoms with Gasteiger partial charge in [0.2, 0.25) is 6.41 Å². The number of benzene rings is 1. The molecule has 0 atom stereocenters. The maximum absolute atomic E-state index is 10.5. The minimum absolute atomic E-state index is 0.366. The van der Waals surface area contributed by atoms with Gasteiger partial charge in [0, 0.05) is 5.69 Å². The van der Waals surface area contributed by atoms with E-state index in [9.17, 15) is 4.79 Å². The summed E-state index contributed by atoms with van der Waals surface area (Å²) in [5, 5.41) is 2.62. The predicted molar refractivity (Wildman–Crippen MR) is 75.0 cm³/mol. The molecule has 20 heavy (non-hydrogen) atoms. The number of nitrogen functional groups attached to an aromatic ring is 1. The van der Waals surface area contributed by atoms with Crippen LogP contribution >= 0.6 is 0 Å². The van der Waals surface area contributed by atoms with E-state index in [2.05, 4.69) is 20.3 Å². The molecule has 0 aliphatic carbocycles. The van der Waals surface area contributed by atoms with Crippen molar-refractivity contribution in [2.24, 2.45) is 0 Å². The van der Waals surface area contributed by atoms with E-state index >= 15 is 0 Å². The fourth-order valence-corrected chi connectivity index (χ4v) is 2.04.